The van der Waals surface area contributed by atoms with E-state index in [1.165, 1.54) is 24.5 Å². The maximum absolute atomic E-state index is 13.5. The van der Waals surface area contributed by atoms with Crippen molar-refractivity contribution in [1.82, 2.24) is 14.9 Å². The summed E-state index contributed by atoms with van der Waals surface area (Å²) >= 11 is 5.87. The maximum Gasteiger partial charge on any atom is 0.283 e. The van der Waals surface area contributed by atoms with E-state index < -0.39 is 17.6 Å². The Hall–Kier alpha value is -3.34. The van der Waals surface area contributed by atoms with E-state index in [0.717, 1.165) is 6.54 Å². The van der Waals surface area contributed by atoms with Gasteiger partial charge in [-0.1, -0.05) is 18.2 Å². The molecule has 178 valence electrons. The van der Waals surface area contributed by atoms with E-state index in [1.807, 2.05) is 7.05 Å². The van der Waals surface area contributed by atoms with E-state index in [0.29, 0.717) is 35.6 Å². The third-order valence-corrected chi connectivity index (χ3v) is 5.47. The normalized spacial score (nSPS) is 16.3. The number of rotatable bonds is 7. The van der Waals surface area contributed by atoms with Crippen molar-refractivity contribution in [3.8, 4) is 5.75 Å². The molecule has 0 aliphatic carbocycles. The number of likely N-dealkylation sites (N-methyl/N-ethyl adjacent to an activating group) is 1. The average molecular weight is 490 g/mol. The van der Waals surface area contributed by atoms with Crippen molar-refractivity contribution in [2.75, 3.05) is 44.0 Å². The minimum Gasteiger partial charge on any atom is -0.489 e. The number of morpholine rings is 1. The van der Waals surface area contributed by atoms with E-state index >= 15 is 0 Å². The number of carbonyl (C=O) groups excluding carboxylic acids is 1. The lowest BCUT2D eigenvalue weighted by molar-refractivity contribution is -0.114. The summed E-state index contributed by atoms with van der Waals surface area (Å²) < 4.78 is 38.6. The molecule has 1 aliphatic heterocycles. The molecule has 1 fully saturated rings. The molecule has 1 atom stereocenters. The number of ether oxygens (including phenoxy) is 2. The first-order valence-electron chi connectivity index (χ1n) is 10.4. The van der Waals surface area contributed by atoms with Crippen LogP contribution in [0.2, 0.25) is 5.02 Å². The van der Waals surface area contributed by atoms with E-state index in [-0.39, 0.29) is 29.2 Å². The molecule has 1 saturated heterocycles. The standard InChI is InChI=1S/C23H22ClF2N5O3/c1-13(25)23(32)30-20-8-16-19(9-21(20)34-11-15-10-31(2)5-6-33-15)27-12-28-22(16)29-14-3-4-18(26)17(24)7-14/h3-4,7-9,12,15H,1,5-6,10-11H2,2H3,(H,30,32)(H,27,28,29)/t15-/m0/s1. The first-order valence-corrected chi connectivity index (χ1v) is 10.8. The molecule has 0 unspecified atom stereocenters. The van der Waals surface area contributed by atoms with Gasteiger partial charge < -0.3 is 25.0 Å². The number of halogens is 3. The van der Waals surface area contributed by atoms with Crippen LogP contribution < -0.4 is 15.4 Å². The molecule has 0 spiro atoms. The fraction of sp³-hybridized carbons (Fsp3) is 0.261. The summed E-state index contributed by atoms with van der Waals surface area (Å²) in [6, 6.07) is 7.32. The molecule has 11 heteroatoms. The molecule has 1 aromatic heterocycles. The molecule has 1 aliphatic rings. The highest BCUT2D eigenvalue weighted by Crippen LogP contribution is 2.34. The number of hydrogen-bond acceptors (Lipinski definition) is 7. The van der Waals surface area contributed by atoms with Crippen molar-refractivity contribution in [1.29, 1.82) is 0 Å². The highest BCUT2D eigenvalue weighted by atomic mass is 35.5. The molecule has 0 saturated carbocycles. The van der Waals surface area contributed by atoms with Crippen molar-refractivity contribution in [2.45, 2.75) is 6.10 Å². The average Bonchev–Trinajstić information content (AvgIpc) is 2.80. The Morgan fingerprint density at radius 1 is 1.35 bits per heavy atom. The zero-order valence-electron chi connectivity index (χ0n) is 18.3. The minimum atomic E-state index is -1.15. The number of amides is 1. The van der Waals surface area contributed by atoms with Crippen LogP contribution in [-0.4, -0.2) is 60.2 Å². The number of aromatic nitrogens is 2. The second-order valence-electron chi connectivity index (χ2n) is 7.77. The topological polar surface area (TPSA) is 88.6 Å². The molecule has 0 bridgehead atoms. The molecule has 2 heterocycles. The maximum atomic E-state index is 13.5. The molecular formula is C23H22ClF2N5O3. The molecule has 8 nitrogen and oxygen atoms in total. The van der Waals surface area contributed by atoms with Crippen molar-refractivity contribution in [3.63, 3.8) is 0 Å². The van der Waals surface area contributed by atoms with Gasteiger partial charge in [-0.05, 0) is 31.3 Å². The third kappa shape index (κ3) is 5.58. The molecule has 4 rings (SSSR count). The van der Waals surface area contributed by atoms with Crippen LogP contribution in [0, 0.1) is 5.82 Å². The fourth-order valence-corrected chi connectivity index (χ4v) is 3.63. The van der Waals surface area contributed by atoms with E-state index in [1.54, 1.807) is 12.1 Å². The molecule has 2 N–H and O–H groups in total. The minimum absolute atomic E-state index is 0.0518. The molecule has 34 heavy (non-hydrogen) atoms. The number of nitrogens with zero attached hydrogens (tertiary/aromatic N) is 3. The number of anilines is 3. The van der Waals surface area contributed by atoms with Gasteiger partial charge in [0.2, 0.25) is 0 Å². The monoisotopic (exact) mass is 489 g/mol. The Labute approximate surface area is 199 Å². The van der Waals surface area contributed by atoms with Crippen molar-refractivity contribution in [2.24, 2.45) is 0 Å². The van der Waals surface area contributed by atoms with Crippen LogP contribution in [0.15, 0.2) is 49.1 Å². The van der Waals surface area contributed by atoms with Crippen LogP contribution in [0.3, 0.4) is 0 Å². The summed E-state index contributed by atoms with van der Waals surface area (Å²) in [4.78, 5) is 22.7. The van der Waals surface area contributed by atoms with Crippen LogP contribution in [0.4, 0.5) is 26.0 Å². The SMILES string of the molecule is C=C(F)C(=O)Nc1cc2c(Nc3ccc(F)c(Cl)c3)ncnc2cc1OC[C@@H]1CN(C)CCO1. The first-order chi connectivity index (χ1) is 16.3. The van der Waals surface area contributed by atoms with Gasteiger partial charge in [0.1, 0.15) is 36.4 Å². The molecule has 1 amide bonds. The fourth-order valence-electron chi connectivity index (χ4n) is 3.45. The van der Waals surface area contributed by atoms with Gasteiger partial charge in [-0.25, -0.2) is 18.7 Å². The number of benzene rings is 2. The number of fused-ring (bicyclic) bond motifs is 1. The van der Waals surface area contributed by atoms with Crippen LogP contribution in [-0.2, 0) is 9.53 Å². The summed E-state index contributed by atoms with van der Waals surface area (Å²) in [6.45, 7) is 5.36. The predicted molar refractivity (Wildman–Crippen MR) is 126 cm³/mol. The van der Waals surface area contributed by atoms with E-state index in [2.05, 4.69) is 32.1 Å². The second-order valence-corrected chi connectivity index (χ2v) is 8.17. The number of carbonyl (C=O) groups is 1. The summed E-state index contributed by atoms with van der Waals surface area (Å²) in [6.07, 6.45) is 1.18. The van der Waals surface area contributed by atoms with Gasteiger partial charge in [-0.2, -0.15) is 0 Å². The summed E-state index contributed by atoms with van der Waals surface area (Å²) in [7, 11) is 1.99. The van der Waals surface area contributed by atoms with Crippen molar-refractivity contribution >= 4 is 45.6 Å². The van der Waals surface area contributed by atoms with Gasteiger partial charge in [0, 0.05) is 30.2 Å². The number of nitrogens with one attached hydrogen (secondary N) is 2. The van der Waals surface area contributed by atoms with Gasteiger partial charge >= 0.3 is 0 Å². The van der Waals surface area contributed by atoms with Crippen LogP contribution in [0.1, 0.15) is 0 Å². The smallest absolute Gasteiger partial charge is 0.283 e. The molecule has 3 aromatic rings. The quantitative estimate of drug-likeness (QED) is 0.478. The Morgan fingerprint density at radius 2 is 2.18 bits per heavy atom. The van der Waals surface area contributed by atoms with Crippen LogP contribution in [0.25, 0.3) is 10.9 Å². The zero-order chi connectivity index (χ0) is 24.2. The van der Waals surface area contributed by atoms with Gasteiger partial charge in [-0.15, -0.1) is 0 Å². The molecular weight excluding hydrogens is 468 g/mol. The van der Waals surface area contributed by atoms with Crippen LogP contribution in [0.5, 0.6) is 5.75 Å². The van der Waals surface area contributed by atoms with Gasteiger partial charge in [0.25, 0.3) is 5.91 Å². The van der Waals surface area contributed by atoms with E-state index in [9.17, 15) is 13.6 Å². The van der Waals surface area contributed by atoms with E-state index in [4.69, 9.17) is 21.1 Å². The molecule has 2 aromatic carbocycles. The number of hydrogen-bond donors (Lipinski definition) is 2. The summed E-state index contributed by atoms with van der Waals surface area (Å²) in [5, 5.41) is 5.97. The molecule has 0 radical (unpaired) electrons. The third-order valence-electron chi connectivity index (χ3n) is 5.18. The highest BCUT2D eigenvalue weighted by Gasteiger charge is 2.20. The van der Waals surface area contributed by atoms with Gasteiger partial charge in [0.15, 0.2) is 5.83 Å². The Balaban J connectivity index is 1.67. The Morgan fingerprint density at radius 3 is 2.91 bits per heavy atom. The largest absolute Gasteiger partial charge is 0.489 e. The Kier molecular flexibility index (Phi) is 7.20. The predicted octanol–water partition coefficient (Wildman–Crippen LogP) is 4.30. The van der Waals surface area contributed by atoms with Crippen molar-refractivity contribution in [3.05, 3.63) is 59.9 Å². The lowest BCUT2D eigenvalue weighted by Gasteiger charge is -2.30. The van der Waals surface area contributed by atoms with Crippen LogP contribution >= 0.6 is 11.6 Å². The first kappa shape index (κ1) is 23.8. The van der Waals surface area contributed by atoms with Gasteiger partial charge in [0.05, 0.1) is 22.8 Å². The van der Waals surface area contributed by atoms with Gasteiger partial charge in [-0.3, -0.25) is 4.79 Å². The zero-order valence-corrected chi connectivity index (χ0v) is 19.0. The highest BCUT2D eigenvalue weighted by molar-refractivity contribution is 6.31. The Bertz CT molecular complexity index is 1240. The summed E-state index contributed by atoms with van der Waals surface area (Å²) in [5.41, 5.74) is 1.20. The van der Waals surface area contributed by atoms with Crippen molar-refractivity contribution < 1.29 is 23.0 Å². The second kappa shape index (κ2) is 10.3. The summed E-state index contributed by atoms with van der Waals surface area (Å²) in [5.74, 6) is -2.05. The lowest BCUT2D eigenvalue weighted by atomic mass is 10.1. The lowest BCUT2D eigenvalue weighted by Crippen LogP contribution is -2.42.